The number of hydrogen-bond donors (Lipinski definition) is 3. The minimum atomic E-state index is -1.01. The Hall–Kier alpha value is -3.42. The number of aliphatic carboxylic acids is 1. The van der Waals surface area contributed by atoms with E-state index >= 15 is 0 Å². The number of imidazole rings is 1. The van der Waals surface area contributed by atoms with Crippen molar-refractivity contribution in [1.29, 1.82) is 0 Å². The summed E-state index contributed by atoms with van der Waals surface area (Å²) in [6, 6.07) is 7.08. The number of nitrogens with zero attached hydrogens (tertiary/aromatic N) is 2. The topological polar surface area (TPSA) is 121 Å². The Morgan fingerprint density at radius 2 is 1.84 bits per heavy atom. The van der Waals surface area contributed by atoms with Crippen LogP contribution in [0.15, 0.2) is 39.9 Å². The van der Waals surface area contributed by atoms with E-state index in [0.29, 0.717) is 12.4 Å². The van der Waals surface area contributed by atoms with E-state index in [1.807, 2.05) is 0 Å². The average molecular weight is 437 g/mol. The lowest BCUT2D eigenvalue weighted by Gasteiger charge is -2.21. The number of nitrogens with one attached hydrogen (secondary N) is 2. The molecule has 8 heteroatoms. The normalized spacial score (nSPS) is 15.0. The Labute approximate surface area is 185 Å². The lowest BCUT2D eigenvalue weighted by atomic mass is 9.86. The maximum Gasteiger partial charge on any atom is 0.330 e. The highest BCUT2D eigenvalue weighted by molar-refractivity contribution is 5.85. The van der Waals surface area contributed by atoms with Crippen molar-refractivity contribution in [1.82, 2.24) is 19.5 Å². The van der Waals surface area contributed by atoms with Gasteiger partial charge in [0.1, 0.15) is 11.3 Å². The van der Waals surface area contributed by atoms with Crippen molar-refractivity contribution in [3.8, 4) is 11.4 Å². The van der Waals surface area contributed by atoms with Gasteiger partial charge in [-0.1, -0.05) is 69.2 Å². The van der Waals surface area contributed by atoms with Gasteiger partial charge < -0.3 is 10.1 Å². The van der Waals surface area contributed by atoms with Crippen molar-refractivity contribution in [2.45, 2.75) is 57.9 Å². The van der Waals surface area contributed by atoms with Gasteiger partial charge in [-0.15, -0.1) is 0 Å². The molecule has 8 nitrogen and oxygen atoms in total. The van der Waals surface area contributed by atoms with Gasteiger partial charge in [-0.2, -0.15) is 0 Å². The summed E-state index contributed by atoms with van der Waals surface area (Å²) in [6.07, 6.45) is 12.2. The largest absolute Gasteiger partial charge is 0.478 e. The van der Waals surface area contributed by atoms with Crippen molar-refractivity contribution in [3.63, 3.8) is 0 Å². The van der Waals surface area contributed by atoms with Gasteiger partial charge >= 0.3 is 11.7 Å². The summed E-state index contributed by atoms with van der Waals surface area (Å²) in [6.45, 7) is 0.399. The molecule has 4 rings (SSSR count). The van der Waals surface area contributed by atoms with Gasteiger partial charge in [0.15, 0.2) is 5.65 Å². The van der Waals surface area contributed by atoms with E-state index in [4.69, 9.17) is 5.11 Å². The SMILES string of the molecule is O=C(O)/C=C/c1ccc(-c2nc3[nH]c(=O)n(CCCCC4CCCCC4)c(=O)c3[nH]2)cc1. The first-order valence-corrected chi connectivity index (χ1v) is 11.3. The fourth-order valence-corrected chi connectivity index (χ4v) is 4.45. The van der Waals surface area contributed by atoms with Gasteiger partial charge in [0, 0.05) is 18.2 Å². The van der Waals surface area contributed by atoms with Gasteiger partial charge in [0.25, 0.3) is 5.56 Å². The number of unbranched alkanes of at least 4 members (excludes halogenated alkanes) is 1. The Kier molecular flexibility index (Phi) is 6.68. The van der Waals surface area contributed by atoms with Crippen LogP contribution in [0.3, 0.4) is 0 Å². The zero-order valence-electron chi connectivity index (χ0n) is 18.0. The Morgan fingerprint density at radius 3 is 2.56 bits per heavy atom. The smallest absolute Gasteiger partial charge is 0.330 e. The Balaban J connectivity index is 1.48. The molecule has 2 heterocycles. The van der Waals surface area contributed by atoms with Crippen LogP contribution in [0.5, 0.6) is 0 Å². The first-order chi connectivity index (χ1) is 15.5. The molecule has 0 amide bonds. The van der Waals surface area contributed by atoms with Crippen LogP contribution in [0.4, 0.5) is 0 Å². The molecule has 0 aliphatic heterocycles. The van der Waals surface area contributed by atoms with E-state index in [-0.39, 0.29) is 16.7 Å². The molecule has 1 aromatic carbocycles. The highest BCUT2D eigenvalue weighted by Gasteiger charge is 2.15. The van der Waals surface area contributed by atoms with Crippen LogP contribution in [0.1, 0.15) is 56.9 Å². The highest BCUT2D eigenvalue weighted by atomic mass is 16.4. The molecule has 1 aliphatic carbocycles. The fraction of sp³-hybridized carbons (Fsp3) is 0.417. The third kappa shape index (κ3) is 5.07. The van der Waals surface area contributed by atoms with E-state index in [2.05, 4.69) is 15.0 Å². The van der Waals surface area contributed by atoms with E-state index in [1.54, 1.807) is 24.3 Å². The third-order valence-corrected chi connectivity index (χ3v) is 6.20. The molecule has 0 radical (unpaired) electrons. The standard InChI is InChI=1S/C24H28N4O4/c29-19(30)14-11-17-9-12-18(13-10-17)21-25-20-22(26-21)27-24(32)28(23(20)31)15-5-4-8-16-6-2-1-3-7-16/h9-14,16H,1-8,15H2,(H,25,26)(H,27,32)(H,29,30)/b14-11+. The number of H-pyrrole nitrogens is 2. The Morgan fingerprint density at radius 1 is 1.09 bits per heavy atom. The van der Waals surface area contributed by atoms with Gasteiger partial charge in [-0.3, -0.25) is 14.3 Å². The molecule has 1 saturated carbocycles. The summed E-state index contributed by atoms with van der Waals surface area (Å²) < 4.78 is 1.25. The molecule has 0 bridgehead atoms. The number of aromatic nitrogens is 4. The van der Waals surface area contributed by atoms with Crippen LogP contribution in [-0.4, -0.2) is 30.6 Å². The average Bonchev–Trinajstić information content (AvgIpc) is 3.22. The van der Waals surface area contributed by atoms with Crippen molar-refractivity contribution < 1.29 is 9.90 Å². The molecule has 3 N–H and O–H groups in total. The quantitative estimate of drug-likeness (QED) is 0.365. The number of aromatic amines is 2. The second-order valence-corrected chi connectivity index (χ2v) is 8.49. The molecule has 32 heavy (non-hydrogen) atoms. The molecule has 0 atom stereocenters. The second kappa shape index (κ2) is 9.80. The second-order valence-electron chi connectivity index (χ2n) is 8.49. The van der Waals surface area contributed by atoms with E-state index in [9.17, 15) is 14.4 Å². The summed E-state index contributed by atoms with van der Waals surface area (Å²) in [7, 11) is 0. The van der Waals surface area contributed by atoms with Gasteiger partial charge in [-0.05, 0) is 24.0 Å². The predicted octanol–water partition coefficient (Wildman–Crippen LogP) is 3.93. The number of carboxylic acids is 1. The van der Waals surface area contributed by atoms with E-state index < -0.39 is 11.7 Å². The van der Waals surface area contributed by atoms with Crippen molar-refractivity contribution >= 4 is 23.2 Å². The first-order valence-electron chi connectivity index (χ1n) is 11.3. The molecule has 168 valence electrons. The highest BCUT2D eigenvalue weighted by Crippen LogP contribution is 2.27. The molecule has 1 aliphatic rings. The zero-order chi connectivity index (χ0) is 22.5. The molecule has 0 saturated heterocycles. The summed E-state index contributed by atoms with van der Waals surface area (Å²) in [5, 5.41) is 8.72. The third-order valence-electron chi connectivity index (χ3n) is 6.20. The molecule has 2 aromatic heterocycles. The van der Waals surface area contributed by atoms with Gasteiger partial charge in [0.2, 0.25) is 0 Å². The van der Waals surface area contributed by atoms with Crippen LogP contribution in [-0.2, 0) is 11.3 Å². The van der Waals surface area contributed by atoms with Crippen LogP contribution in [0.2, 0.25) is 0 Å². The maximum atomic E-state index is 12.9. The number of carboxylic acid groups (broad SMARTS) is 1. The molecular formula is C24H28N4O4. The van der Waals surface area contributed by atoms with Crippen molar-refractivity contribution in [2.24, 2.45) is 5.92 Å². The maximum absolute atomic E-state index is 12.9. The number of carbonyl (C=O) groups is 1. The number of fused-ring (bicyclic) bond motifs is 1. The fourth-order valence-electron chi connectivity index (χ4n) is 4.45. The van der Waals surface area contributed by atoms with Crippen LogP contribution in [0.25, 0.3) is 28.6 Å². The van der Waals surface area contributed by atoms with Gasteiger partial charge in [-0.25, -0.2) is 14.6 Å². The molecule has 3 aromatic rings. The van der Waals surface area contributed by atoms with E-state index in [1.165, 1.54) is 49.2 Å². The van der Waals surface area contributed by atoms with Crippen LogP contribution in [0, 0.1) is 5.92 Å². The number of rotatable bonds is 8. The van der Waals surface area contributed by atoms with Crippen LogP contribution < -0.4 is 11.2 Å². The van der Waals surface area contributed by atoms with Crippen LogP contribution >= 0.6 is 0 Å². The number of benzene rings is 1. The summed E-state index contributed by atoms with van der Waals surface area (Å²) in [5.74, 6) is 0.250. The van der Waals surface area contributed by atoms with Crippen molar-refractivity contribution in [2.75, 3.05) is 0 Å². The summed E-state index contributed by atoms with van der Waals surface area (Å²) in [4.78, 5) is 46.1. The molecular weight excluding hydrogens is 408 g/mol. The number of hydrogen-bond acceptors (Lipinski definition) is 4. The Bertz CT molecular complexity index is 1230. The zero-order valence-corrected chi connectivity index (χ0v) is 18.0. The lowest BCUT2D eigenvalue weighted by Crippen LogP contribution is -2.35. The van der Waals surface area contributed by atoms with Crippen molar-refractivity contribution in [3.05, 3.63) is 56.7 Å². The minimum Gasteiger partial charge on any atom is -0.478 e. The summed E-state index contributed by atoms with van der Waals surface area (Å²) in [5.41, 5.74) is 1.18. The predicted molar refractivity (Wildman–Crippen MR) is 124 cm³/mol. The minimum absolute atomic E-state index is 0.239. The monoisotopic (exact) mass is 436 g/mol. The van der Waals surface area contributed by atoms with E-state index in [0.717, 1.165) is 36.0 Å². The molecule has 1 fully saturated rings. The lowest BCUT2D eigenvalue weighted by molar-refractivity contribution is -0.131. The first kappa shape index (κ1) is 21.8. The molecule has 0 spiro atoms. The molecule has 0 unspecified atom stereocenters. The summed E-state index contributed by atoms with van der Waals surface area (Å²) >= 11 is 0. The van der Waals surface area contributed by atoms with Gasteiger partial charge in [0.05, 0.1) is 0 Å².